The first kappa shape index (κ1) is 20.8. The summed E-state index contributed by atoms with van der Waals surface area (Å²) in [7, 11) is 0. The van der Waals surface area contributed by atoms with Crippen LogP contribution in [0.3, 0.4) is 0 Å². The Morgan fingerprint density at radius 2 is 2.07 bits per heavy atom. The van der Waals surface area contributed by atoms with Gasteiger partial charge in [0.15, 0.2) is 0 Å². The van der Waals surface area contributed by atoms with Crippen molar-refractivity contribution in [1.29, 1.82) is 0 Å². The minimum Gasteiger partial charge on any atom is -0.338 e. The lowest BCUT2D eigenvalue weighted by molar-refractivity contribution is -0.183. The van der Waals surface area contributed by atoms with Crippen LogP contribution in [0.5, 0.6) is 0 Å². The van der Waals surface area contributed by atoms with Crippen molar-refractivity contribution in [3.63, 3.8) is 0 Å². The van der Waals surface area contributed by atoms with Crippen LogP contribution in [0.2, 0.25) is 5.15 Å². The van der Waals surface area contributed by atoms with Crippen molar-refractivity contribution in [2.24, 2.45) is 5.92 Å². The molecule has 1 saturated heterocycles. The second kappa shape index (κ2) is 7.68. The monoisotopic (exact) mass is 447 g/mol. The van der Waals surface area contributed by atoms with E-state index < -0.39 is 48.7 Å². The number of amides is 1. The molecule has 162 valence electrons. The van der Waals surface area contributed by atoms with Crippen LogP contribution in [-0.2, 0) is 17.8 Å². The standard InChI is InChI=1S/C18H18ClF4N5O2/c19-14-2-1-10(7-24-14)8-27-17(30)28-13(16(29)26-4-3-12(20)9-26)5-11(18(21,22)23)6-15(28)25-27/h1-2,7,11-13H,3-6,8-9H2/t11-,12-,13-/m1/s1. The molecule has 2 aromatic rings. The molecule has 0 spiro atoms. The van der Waals surface area contributed by atoms with Crippen molar-refractivity contribution in [2.45, 2.75) is 44.2 Å². The van der Waals surface area contributed by atoms with Gasteiger partial charge in [-0.2, -0.15) is 18.3 Å². The summed E-state index contributed by atoms with van der Waals surface area (Å²) in [5, 5.41) is 4.32. The lowest BCUT2D eigenvalue weighted by Gasteiger charge is -2.32. The van der Waals surface area contributed by atoms with E-state index in [0.29, 0.717) is 5.56 Å². The molecule has 0 aromatic carbocycles. The summed E-state index contributed by atoms with van der Waals surface area (Å²) < 4.78 is 56.0. The molecule has 12 heteroatoms. The average molecular weight is 448 g/mol. The minimum atomic E-state index is -4.54. The Balaban J connectivity index is 1.70. The molecule has 4 rings (SSSR count). The third-order valence-corrected chi connectivity index (χ3v) is 5.72. The molecule has 0 saturated carbocycles. The molecule has 0 radical (unpaired) electrons. The Labute approximate surface area is 173 Å². The second-order valence-electron chi connectivity index (χ2n) is 7.58. The molecule has 0 N–H and O–H groups in total. The van der Waals surface area contributed by atoms with Gasteiger partial charge in [-0.3, -0.25) is 9.36 Å². The van der Waals surface area contributed by atoms with Gasteiger partial charge in [-0.15, -0.1) is 0 Å². The summed E-state index contributed by atoms with van der Waals surface area (Å²) >= 11 is 5.74. The third-order valence-electron chi connectivity index (χ3n) is 5.50. The summed E-state index contributed by atoms with van der Waals surface area (Å²) in [5.74, 6) is -2.60. The highest BCUT2D eigenvalue weighted by molar-refractivity contribution is 6.29. The van der Waals surface area contributed by atoms with E-state index in [1.807, 2.05) is 0 Å². The van der Waals surface area contributed by atoms with Crippen molar-refractivity contribution in [3.05, 3.63) is 45.4 Å². The molecule has 2 aliphatic heterocycles. The molecule has 1 fully saturated rings. The summed E-state index contributed by atoms with van der Waals surface area (Å²) in [4.78, 5) is 30.9. The van der Waals surface area contributed by atoms with Gasteiger partial charge in [0.1, 0.15) is 23.2 Å². The highest BCUT2D eigenvalue weighted by Gasteiger charge is 2.48. The van der Waals surface area contributed by atoms with E-state index in [9.17, 15) is 27.2 Å². The molecular weight excluding hydrogens is 430 g/mol. The summed E-state index contributed by atoms with van der Waals surface area (Å²) in [6.45, 7) is -0.0978. The number of pyridine rings is 1. The largest absolute Gasteiger partial charge is 0.392 e. The van der Waals surface area contributed by atoms with E-state index in [2.05, 4.69) is 10.1 Å². The number of carbonyl (C=O) groups excluding carboxylic acids is 1. The maximum atomic E-state index is 13.5. The van der Waals surface area contributed by atoms with E-state index in [0.717, 1.165) is 9.25 Å². The van der Waals surface area contributed by atoms with Gasteiger partial charge in [0.2, 0.25) is 5.91 Å². The number of alkyl halides is 4. The van der Waals surface area contributed by atoms with Crippen LogP contribution < -0.4 is 5.69 Å². The molecule has 0 unspecified atom stereocenters. The fourth-order valence-corrected chi connectivity index (χ4v) is 4.07. The predicted octanol–water partition coefficient (Wildman–Crippen LogP) is 2.38. The molecular formula is C18H18ClF4N5O2. The summed E-state index contributed by atoms with van der Waals surface area (Å²) in [6, 6.07) is 1.77. The van der Waals surface area contributed by atoms with Gasteiger partial charge in [-0.25, -0.2) is 18.9 Å². The van der Waals surface area contributed by atoms with E-state index in [1.54, 1.807) is 6.07 Å². The smallest absolute Gasteiger partial charge is 0.338 e. The number of carbonyl (C=O) groups is 1. The Morgan fingerprint density at radius 3 is 2.67 bits per heavy atom. The fourth-order valence-electron chi connectivity index (χ4n) is 3.96. The summed E-state index contributed by atoms with van der Waals surface area (Å²) in [6.07, 6.45) is -5.27. The highest BCUT2D eigenvalue weighted by Crippen LogP contribution is 2.39. The lowest BCUT2D eigenvalue weighted by atomic mass is 9.91. The van der Waals surface area contributed by atoms with E-state index in [4.69, 9.17) is 11.6 Å². The first-order chi connectivity index (χ1) is 14.1. The molecule has 3 atom stereocenters. The Hall–Kier alpha value is -2.43. The Kier molecular flexibility index (Phi) is 5.33. The molecule has 1 amide bonds. The number of likely N-dealkylation sites (tertiary alicyclic amines) is 1. The number of hydrogen-bond acceptors (Lipinski definition) is 4. The second-order valence-corrected chi connectivity index (χ2v) is 7.97. The first-order valence-corrected chi connectivity index (χ1v) is 9.79. The van der Waals surface area contributed by atoms with Crippen molar-refractivity contribution < 1.29 is 22.4 Å². The van der Waals surface area contributed by atoms with Crippen LogP contribution in [0.4, 0.5) is 17.6 Å². The minimum absolute atomic E-state index is 0.0309. The molecule has 0 aliphatic carbocycles. The van der Waals surface area contributed by atoms with Crippen LogP contribution >= 0.6 is 11.6 Å². The molecule has 0 bridgehead atoms. The van der Waals surface area contributed by atoms with Crippen LogP contribution in [0.15, 0.2) is 23.1 Å². The quantitative estimate of drug-likeness (QED) is 0.535. The average Bonchev–Trinajstić information content (AvgIpc) is 3.25. The normalized spacial score (nSPS) is 24.2. The topological polar surface area (TPSA) is 73.0 Å². The Morgan fingerprint density at radius 1 is 1.30 bits per heavy atom. The first-order valence-electron chi connectivity index (χ1n) is 9.41. The van der Waals surface area contributed by atoms with Gasteiger partial charge in [-0.1, -0.05) is 17.7 Å². The van der Waals surface area contributed by atoms with Crippen molar-refractivity contribution in [2.75, 3.05) is 13.1 Å². The maximum absolute atomic E-state index is 13.5. The molecule has 7 nitrogen and oxygen atoms in total. The van der Waals surface area contributed by atoms with Gasteiger partial charge in [0.25, 0.3) is 0 Å². The van der Waals surface area contributed by atoms with Crippen molar-refractivity contribution in [1.82, 2.24) is 24.2 Å². The summed E-state index contributed by atoms with van der Waals surface area (Å²) in [5.41, 5.74) is -0.109. The zero-order valence-corrected chi connectivity index (χ0v) is 16.4. The van der Waals surface area contributed by atoms with Crippen molar-refractivity contribution in [3.8, 4) is 0 Å². The number of fused-ring (bicyclic) bond motifs is 1. The van der Waals surface area contributed by atoms with Gasteiger partial charge >= 0.3 is 11.9 Å². The zero-order valence-electron chi connectivity index (χ0n) is 15.6. The molecule has 4 heterocycles. The molecule has 2 aliphatic rings. The predicted molar refractivity (Wildman–Crippen MR) is 97.8 cm³/mol. The Bertz CT molecular complexity index is 1000. The number of nitrogens with zero attached hydrogens (tertiary/aromatic N) is 5. The molecule has 2 aromatic heterocycles. The van der Waals surface area contributed by atoms with E-state index in [1.165, 1.54) is 17.2 Å². The van der Waals surface area contributed by atoms with Crippen LogP contribution in [0, 0.1) is 5.92 Å². The fraction of sp³-hybridized carbons (Fsp3) is 0.556. The number of aromatic nitrogens is 4. The van der Waals surface area contributed by atoms with Gasteiger partial charge in [0, 0.05) is 19.2 Å². The number of hydrogen-bond donors (Lipinski definition) is 0. The van der Waals surface area contributed by atoms with E-state index >= 15 is 0 Å². The number of halogens is 5. The van der Waals surface area contributed by atoms with Crippen molar-refractivity contribution >= 4 is 17.5 Å². The maximum Gasteiger partial charge on any atom is 0.392 e. The highest BCUT2D eigenvalue weighted by atomic mass is 35.5. The number of rotatable bonds is 3. The van der Waals surface area contributed by atoms with Gasteiger partial charge in [0.05, 0.1) is 19.0 Å². The third kappa shape index (κ3) is 3.94. The van der Waals surface area contributed by atoms with E-state index in [-0.39, 0.29) is 37.0 Å². The van der Waals surface area contributed by atoms with Gasteiger partial charge < -0.3 is 4.90 Å². The van der Waals surface area contributed by atoms with Crippen LogP contribution in [-0.4, -0.2) is 55.6 Å². The zero-order chi connectivity index (χ0) is 21.6. The SMILES string of the molecule is O=C([C@H]1C[C@@H](C(F)(F)F)Cc2nn(Cc3ccc(Cl)nc3)c(=O)n21)N1CC[C@@H](F)C1. The van der Waals surface area contributed by atoms with Crippen LogP contribution in [0.1, 0.15) is 30.3 Å². The lowest BCUT2D eigenvalue weighted by Crippen LogP contribution is -2.45. The van der Waals surface area contributed by atoms with Crippen LogP contribution in [0.25, 0.3) is 0 Å². The van der Waals surface area contributed by atoms with Gasteiger partial charge in [-0.05, 0) is 24.5 Å². The molecule has 30 heavy (non-hydrogen) atoms.